The fourth-order valence-electron chi connectivity index (χ4n) is 3.38. The Balaban J connectivity index is 2.14. The molecule has 0 fully saturated rings. The fraction of sp³-hybridized carbons (Fsp3) is 0.333. The van der Waals surface area contributed by atoms with Crippen LogP contribution in [-0.2, 0) is 6.54 Å². The summed E-state index contributed by atoms with van der Waals surface area (Å²) in [5, 5.41) is 2.02. The predicted molar refractivity (Wildman–Crippen MR) is 108 cm³/mol. The van der Waals surface area contributed by atoms with Gasteiger partial charge in [-0.05, 0) is 63.5 Å². The molecule has 0 saturated heterocycles. The van der Waals surface area contributed by atoms with Crippen LogP contribution in [0, 0.1) is 0 Å². The normalized spacial score (nSPS) is 11.5. The van der Waals surface area contributed by atoms with E-state index in [9.17, 15) is 9.59 Å². The molecule has 26 heavy (non-hydrogen) atoms. The Hall–Kier alpha value is -2.17. The Morgan fingerprint density at radius 1 is 1.12 bits per heavy atom. The van der Waals surface area contributed by atoms with Crippen LogP contribution in [-0.4, -0.2) is 48.1 Å². The van der Waals surface area contributed by atoms with Gasteiger partial charge in [-0.25, -0.2) is 0 Å². The number of aryl methyl sites for hydroxylation is 1. The van der Waals surface area contributed by atoms with Gasteiger partial charge in [0, 0.05) is 51.8 Å². The summed E-state index contributed by atoms with van der Waals surface area (Å²) >= 11 is 5.72. The number of rotatable bonds is 8. The van der Waals surface area contributed by atoms with E-state index in [4.69, 9.17) is 11.6 Å². The molecule has 0 atom stereocenters. The first-order valence-corrected chi connectivity index (χ1v) is 9.33. The number of hydrogen-bond donors (Lipinski definition) is 0. The van der Waals surface area contributed by atoms with Gasteiger partial charge in [0.2, 0.25) is 0 Å². The van der Waals surface area contributed by atoms with E-state index in [-0.39, 0.29) is 5.78 Å². The number of alkyl halides is 1. The zero-order valence-electron chi connectivity index (χ0n) is 15.2. The highest BCUT2D eigenvalue weighted by Gasteiger charge is 2.14. The Morgan fingerprint density at radius 3 is 2.46 bits per heavy atom. The number of Topliss-reactive ketones (excluding diaryl/α,β-unsaturated/α-hetero) is 1. The number of halogens is 1. The number of hydrogen-bond acceptors (Lipinski definition) is 3. The molecule has 4 nitrogen and oxygen atoms in total. The van der Waals surface area contributed by atoms with Gasteiger partial charge in [0.25, 0.3) is 0 Å². The quantitative estimate of drug-likeness (QED) is 0.336. The topological polar surface area (TPSA) is 42.3 Å². The van der Waals surface area contributed by atoms with Crippen LogP contribution in [0.3, 0.4) is 0 Å². The number of benzene rings is 2. The minimum atomic E-state index is 0.0435. The van der Waals surface area contributed by atoms with E-state index in [2.05, 4.69) is 23.6 Å². The third kappa shape index (κ3) is 3.67. The molecule has 136 valence electrons. The molecule has 0 spiro atoms. The number of ketones is 1. The lowest BCUT2D eigenvalue weighted by Crippen LogP contribution is -2.15. The second kappa shape index (κ2) is 8.02. The Morgan fingerprint density at radius 2 is 1.81 bits per heavy atom. The van der Waals surface area contributed by atoms with E-state index in [1.165, 1.54) is 0 Å². The summed E-state index contributed by atoms with van der Waals surface area (Å²) in [5.41, 5.74) is 3.49. The van der Waals surface area contributed by atoms with Crippen molar-refractivity contribution in [3.8, 4) is 0 Å². The molecule has 0 aliphatic heterocycles. The highest BCUT2D eigenvalue weighted by Crippen LogP contribution is 2.31. The summed E-state index contributed by atoms with van der Waals surface area (Å²) in [6, 6.07) is 11.6. The molecule has 3 aromatic rings. The van der Waals surface area contributed by atoms with Crippen molar-refractivity contribution in [1.29, 1.82) is 0 Å². The maximum absolute atomic E-state index is 12.2. The number of carbonyl (C=O) groups is 2. The molecular formula is C21H23ClN2O2. The number of carbonyl (C=O) groups excluding carboxylic acids is 2. The largest absolute Gasteiger partial charge is 0.340 e. The molecule has 0 radical (unpaired) electrons. The van der Waals surface area contributed by atoms with Crippen LogP contribution >= 0.6 is 11.6 Å². The van der Waals surface area contributed by atoms with Crippen LogP contribution in [0.1, 0.15) is 33.6 Å². The summed E-state index contributed by atoms with van der Waals surface area (Å²) in [7, 11) is 4.13. The van der Waals surface area contributed by atoms with Crippen molar-refractivity contribution in [2.24, 2.45) is 0 Å². The second-order valence-electron chi connectivity index (χ2n) is 6.80. The maximum Gasteiger partial charge on any atom is 0.164 e. The van der Waals surface area contributed by atoms with E-state index in [1.807, 2.05) is 36.4 Å². The van der Waals surface area contributed by atoms with Crippen molar-refractivity contribution in [2.45, 2.75) is 19.4 Å². The average molecular weight is 371 g/mol. The van der Waals surface area contributed by atoms with Crippen molar-refractivity contribution < 1.29 is 9.59 Å². The van der Waals surface area contributed by atoms with Gasteiger partial charge in [-0.2, -0.15) is 0 Å². The van der Waals surface area contributed by atoms with Gasteiger partial charge in [0.1, 0.15) is 6.29 Å². The molecule has 2 aromatic carbocycles. The van der Waals surface area contributed by atoms with Crippen molar-refractivity contribution in [3.05, 3.63) is 47.5 Å². The van der Waals surface area contributed by atoms with E-state index < -0.39 is 0 Å². The van der Waals surface area contributed by atoms with Gasteiger partial charge in [0.15, 0.2) is 5.78 Å². The van der Waals surface area contributed by atoms with E-state index in [0.717, 1.165) is 47.6 Å². The predicted octanol–water partition coefficient (Wildman–Crippen LogP) is 4.37. The van der Waals surface area contributed by atoms with Crippen LogP contribution in [0.25, 0.3) is 21.8 Å². The third-order valence-electron chi connectivity index (χ3n) is 4.66. The van der Waals surface area contributed by atoms with E-state index >= 15 is 0 Å². The molecule has 0 saturated carbocycles. The molecule has 0 unspecified atom stereocenters. The van der Waals surface area contributed by atoms with Crippen LogP contribution in [0.5, 0.6) is 0 Å². The first kappa shape index (κ1) is 18.6. The third-order valence-corrected chi connectivity index (χ3v) is 4.84. The molecule has 0 bridgehead atoms. The summed E-state index contributed by atoms with van der Waals surface area (Å²) in [6.45, 7) is 1.88. The van der Waals surface area contributed by atoms with Crippen molar-refractivity contribution in [1.82, 2.24) is 9.47 Å². The number of nitrogens with zero attached hydrogens (tertiary/aromatic N) is 2. The van der Waals surface area contributed by atoms with Crippen molar-refractivity contribution >= 4 is 45.5 Å². The van der Waals surface area contributed by atoms with Crippen LogP contribution in [0.4, 0.5) is 0 Å². The van der Waals surface area contributed by atoms with Gasteiger partial charge in [-0.15, -0.1) is 11.6 Å². The Bertz CT molecular complexity index is 959. The van der Waals surface area contributed by atoms with Crippen molar-refractivity contribution in [3.63, 3.8) is 0 Å². The molecule has 0 amide bonds. The first-order valence-electron chi connectivity index (χ1n) is 8.80. The van der Waals surface area contributed by atoms with Gasteiger partial charge in [-0.1, -0.05) is 0 Å². The lowest BCUT2D eigenvalue weighted by Gasteiger charge is -2.11. The number of fused-ring (bicyclic) bond motifs is 3. The highest BCUT2D eigenvalue weighted by atomic mass is 35.5. The summed E-state index contributed by atoms with van der Waals surface area (Å²) < 4.78 is 2.28. The van der Waals surface area contributed by atoms with Crippen LogP contribution in [0.2, 0.25) is 0 Å². The SMILES string of the molecule is CN(C)CCCn1c2ccc(C=O)cc2c2cc(C(=O)CCCl)ccc21. The number of aromatic nitrogens is 1. The smallest absolute Gasteiger partial charge is 0.164 e. The molecule has 0 aliphatic carbocycles. The molecule has 0 aliphatic rings. The molecule has 1 heterocycles. The lowest BCUT2D eigenvalue weighted by molar-refractivity contribution is 0.0989. The van der Waals surface area contributed by atoms with E-state index in [0.29, 0.717) is 23.4 Å². The average Bonchev–Trinajstić information content (AvgIpc) is 2.94. The van der Waals surface area contributed by atoms with Gasteiger partial charge in [-0.3, -0.25) is 9.59 Å². The zero-order valence-corrected chi connectivity index (χ0v) is 15.9. The Kier molecular flexibility index (Phi) is 5.74. The molecular weight excluding hydrogens is 348 g/mol. The first-order chi connectivity index (χ1) is 12.5. The monoisotopic (exact) mass is 370 g/mol. The second-order valence-corrected chi connectivity index (χ2v) is 7.17. The number of aldehydes is 1. The zero-order chi connectivity index (χ0) is 18.7. The van der Waals surface area contributed by atoms with Gasteiger partial charge < -0.3 is 9.47 Å². The maximum atomic E-state index is 12.2. The molecule has 5 heteroatoms. The van der Waals surface area contributed by atoms with Gasteiger partial charge in [0.05, 0.1) is 0 Å². The fourth-order valence-corrected chi connectivity index (χ4v) is 3.56. The Labute approximate surface area is 158 Å². The lowest BCUT2D eigenvalue weighted by atomic mass is 10.0. The highest BCUT2D eigenvalue weighted by molar-refractivity contribution is 6.20. The summed E-state index contributed by atoms with van der Waals surface area (Å²) in [6.07, 6.45) is 2.21. The van der Waals surface area contributed by atoms with E-state index in [1.54, 1.807) is 0 Å². The summed E-state index contributed by atoms with van der Waals surface area (Å²) in [4.78, 5) is 25.6. The minimum Gasteiger partial charge on any atom is -0.340 e. The van der Waals surface area contributed by atoms with Crippen LogP contribution < -0.4 is 0 Å². The molecule has 3 rings (SSSR count). The summed E-state index contributed by atoms with van der Waals surface area (Å²) in [5.74, 6) is 0.361. The molecule has 1 aromatic heterocycles. The van der Waals surface area contributed by atoms with Gasteiger partial charge >= 0.3 is 0 Å². The minimum absolute atomic E-state index is 0.0435. The van der Waals surface area contributed by atoms with Crippen molar-refractivity contribution in [2.75, 3.05) is 26.5 Å². The standard InChI is InChI=1S/C21H23ClN2O2/c1-23(2)10-3-11-24-19-6-4-15(14-25)12-17(19)18-13-16(5-7-20(18)24)21(26)8-9-22/h4-7,12-14H,3,8-11H2,1-2H3. The molecule has 0 N–H and O–H groups in total. The van der Waals surface area contributed by atoms with Crippen LogP contribution in [0.15, 0.2) is 36.4 Å².